The molecular weight excluding hydrogens is 401 g/mol. The molecule has 1 aliphatic rings. The van der Waals surface area contributed by atoms with Gasteiger partial charge in [0.2, 0.25) is 0 Å². The number of benzene rings is 1. The number of amides is 1. The Morgan fingerprint density at radius 2 is 1.65 bits per heavy atom. The minimum Gasteiger partial charge on any atom is -0.497 e. The van der Waals surface area contributed by atoms with Crippen LogP contribution in [-0.4, -0.2) is 43.2 Å². The number of anilines is 1. The number of likely N-dealkylation sites (N-methyl/N-ethyl adjacent to an activating group) is 1. The van der Waals surface area contributed by atoms with Crippen molar-refractivity contribution in [3.05, 3.63) is 23.3 Å². The van der Waals surface area contributed by atoms with Crippen molar-refractivity contribution in [3.63, 3.8) is 0 Å². The monoisotopic (exact) mass is 436 g/mol. The van der Waals surface area contributed by atoms with E-state index in [9.17, 15) is 4.79 Å². The molecule has 0 saturated carbocycles. The predicted octanol–water partition coefficient (Wildman–Crippen LogP) is 4.44. The maximum atomic E-state index is 13.2. The van der Waals surface area contributed by atoms with Crippen LogP contribution in [0.1, 0.15) is 57.1 Å². The standard InChI is InChI=1S/C21H34N2O2.Y/c1-6-19(23(7-2)12-10-8-9-11-13-23)21(24)22-20-16(3)14-18(25-5)15-17(20)4;/h14-15,19H,6-13H2,1-5H3;/p+1. The number of quaternary nitrogens is 1. The Morgan fingerprint density at radius 1 is 1.12 bits per heavy atom. The summed E-state index contributed by atoms with van der Waals surface area (Å²) in [5.41, 5.74) is 3.05. The van der Waals surface area contributed by atoms with Gasteiger partial charge in [-0.05, 0) is 69.7 Å². The van der Waals surface area contributed by atoms with Crippen LogP contribution in [0.3, 0.4) is 0 Å². The van der Waals surface area contributed by atoms with Gasteiger partial charge >= 0.3 is 0 Å². The van der Waals surface area contributed by atoms with E-state index in [0.29, 0.717) is 0 Å². The zero-order valence-corrected chi connectivity index (χ0v) is 20.1. The van der Waals surface area contributed by atoms with E-state index in [1.165, 1.54) is 25.7 Å². The van der Waals surface area contributed by atoms with Crippen molar-refractivity contribution < 1.29 is 46.7 Å². The fourth-order valence-electron chi connectivity index (χ4n) is 4.43. The Bertz CT molecular complexity index is 573. The molecule has 1 atom stereocenters. The minimum absolute atomic E-state index is 0. The summed E-state index contributed by atoms with van der Waals surface area (Å²) in [5.74, 6) is 1.01. The summed E-state index contributed by atoms with van der Waals surface area (Å²) in [4.78, 5) is 13.2. The van der Waals surface area contributed by atoms with E-state index in [4.69, 9.17) is 4.74 Å². The van der Waals surface area contributed by atoms with E-state index in [-0.39, 0.29) is 44.7 Å². The molecule has 1 unspecified atom stereocenters. The fourth-order valence-corrected chi connectivity index (χ4v) is 4.43. The fraction of sp³-hybridized carbons (Fsp3) is 0.667. The van der Waals surface area contributed by atoms with Crippen molar-refractivity contribution >= 4 is 11.6 Å². The van der Waals surface area contributed by atoms with Crippen LogP contribution in [0.15, 0.2) is 12.1 Å². The van der Waals surface area contributed by atoms with E-state index in [2.05, 4.69) is 19.2 Å². The number of carbonyl (C=O) groups excluding carboxylic acids is 1. The van der Waals surface area contributed by atoms with Gasteiger partial charge in [0.25, 0.3) is 5.91 Å². The second-order valence-corrected chi connectivity index (χ2v) is 7.45. The van der Waals surface area contributed by atoms with Crippen LogP contribution in [0.5, 0.6) is 5.75 Å². The Balaban J connectivity index is 0.00000338. The normalized spacial score (nSPS) is 17.6. The number of likely N-dealkylation sites (tertiary alicyclic amines) is 1. The van der Waals surface area contributed by atoms with E-state index in [1.54, 1.807) is 7.11 Å². The van der Waals surface area contributed by atoms with Gasteiger partial charge in [0.05, 0.1) is 26.7 Å². The quantitative estimate of drug-likeness (QED) is 0.670. The van der Waals surface area contributed by atoms with E-state index >= 15 is 0 Å². The SMILES string of the molecule is CCC(C(=O)Nc1c(C)cc(OC)cc1C)[N+]1(CC)CCCCCC1.[Y]. The second kappa shape index (κ2) is 10.8. The Morgan fingerprint density at radius 3 is 2.08 bits per heavy atom. The van der Waals surface area contributed by atoms with Crippen LogP contribution in [0.4, 0.5) is 5.69 Å². The van der Waals surface area contributed by atoms with Gasteiger partial charge in [-0.3, -0.25) is 4.79 Å². The minimum atomic E-state index is 0. The van der Waals surface area contributed by atoms with Crippen molar-refractivity contribution in [2.24, 2.45) is 0 Å². The van der Waals surface area contributed by atoms with Gasteiger partial charge < -0.3 is 14.5 Å². The Hall–Kier alpha value is -0.446. The van der Waals surface area contributed by atoms with Crippen LogP contribution < -0.4 is 10.1 Å². The summed E-state index contributed by atoms with van der Waals surface area (Å²) >= 11 is 0. The molecule has 2 rings (SSSR count). The average molecular weight is 436 g/mol. The largest absolute Gasteiger partial charge is 0.497 e. The van der Waals surface area contributed by atoms with Crippen LogP contribution in [0.25, 0.3) is 0 Å². The van der Waals surface area contributed by atoms with E-state index < -0.39 is 0 Å². The third-order valence-electron chi connectivity index (χ3n) is 5.93. The molecule has 1 fully saturated rings. The van der Waals surface area contributed by atoms with Crippen molar-refractivity contribution in [1.29, 1.82) is 0 Å². The van der Waals surface area contributed by atoms with Gasteiger partial charge in [-0.2, -0.15) is 0 Å². The van der Waals surface area contributed by atoms with Gasteiger partial charge in [0, 0.05) is 44.8 Å². The number of nitrogens with zero attached hydrogens (tertiary/aromatic N) is 1. The van der Waals surface area contributed by atoms with Crippen LogP contribution in [0, 0.1) is 13.8 Å². The molecule has 0 spiro atoms. The molecule has 1 radical (unpaired) electrons. The molecule has 26 heavy (non-hydrogen) atoms. The number of ether oxygens (including phenoxy) is 1. The number of hydrogen-bond acceptors (Lipinski definition) is 2. The number of carbonyl (C=O) groups is 1. The molecule has 1 aromatic carbocycles. The molecule has 0 aliphatic carbocycles. The van der Waals surface area contributed by atoms with Crippen molar-refractivity contribution in [3.8, 4) is 5.75 Å². The van der Waals surface area contributed by atoms with Crippen LogP contribution in [-0.2, 0) is 37.5 Å². The first-order valence-corrected chi connectivity index (χ1v) is 9.79. The van der Waals surface area contributed by atoms with Gasteiger partial charge in [0.15, 0.2) is 6.04 Å². The molecule has 1 aromatic rings. The van der Waals surface area contributed by atoms with Crippen molar-refractivity contribution in [1.82, 2.24) is 0 Å². The molecular formula is C21H35N2O2Y+. The van der Waals surface area contributed by atoms with Crippen molar-refractivity contribution in [2.75, 3.05) is 32.1 Å². The molecule has 143 valence electrons. The molecule has 1 heterocycles. The number of rotatable bonds is 6. The summed E-state index contributed by atoms with van der Waals surface area (Å²) in [6, 6.07) is 4.00. The second-order valence-electron chi connectivity index (χ2n) is 7.45. The summed E-state index contributed by atoms with van der Waals surface area (Å²) < 4.78 is 6.27. The summed E-state index contributed by atoms with van der Waals surface area (Å²) in [7, 11) is 1.67. The first-order valence-electron chi connectivity index (χ1n) is 9.79. The van der Waals surface area contributed by atoms with Gasteiger partial charge in [0.1, 0.15) is 5.75 Å². The predicted molar refractivity (Wildman–Crippen MR) is 104 cm³/mol. The summed E-state index contributed by atoms with van der Waals surface area (Å²) in [6.07, 6.45) is 5.95. The molecule has 1 N–H and O–H groups in total. The third-order valence-corrected chi connectivity index (χ3v) is 5.93. The zero-order chi connectivity index (χ0) is 18.4. The first-order chi connectivity index (χ1) is 12.0. The van der Waals surface area contributed by atoms with E-state index in [0.717, 1.165) is 53.1 Å². The molecule has 0 bridgehead atoms. The molecule has 4 nitrogen and oxygen atoms in total. The van der Waals surface area contributed by atoms with E-state index in [1.807, 2.05) is 26.0 Å². The van der Waals surface area contributed by atoms with Crippen molar-refractivity contribution in [2.45, 2.75) is 65.8 Å². The maximum absolute atomic E-state index is 13.2. The summed E-state index contributed by atoms with van der Waals surface area (Å²) in [5, 5.41) is 3.25. The van der Waals surface area contributed by atoms with Crippen LogP contribution in [0.2, 0.25) is 0 Å². The Labute approximate surface area is 184 Å². The number of methoxy groups -OCH3 is 1. The van der Waals surface area contributed by atoms with Crippen LogP contribution >= 0.6 is 0 Å². The molecule has 0 aromatic heterocycles. The average Bonchev–Trinajstić information content (AvgIpc) is 2.85. The topological polar surface area (TPSA) is 38.3 Å². The van der Waals surface area contributed by atoms with Gasteiger partial charge in [-0.15, -0.1) is 0 Å². The molecule has 1 aliphatic heterocycles. The molecule has 5 heteroatoms. The smallest absolute Gasteiger partial charge is 0.282 e. The number of aryl methyl sites for hydroxylation is 2. The third kappa shape index (κ3) is 5.30. The molecule has 1 amide bonds. The van der Waals surface area contributed by atoms with Gasteiger partial charge in [-0.25, -0.2) is 0 Å². The molecule has 1 saturated heterocycles. The number of hydrogen-bond donors (Lipinski definition) is 1. The summed E-state index contributed by atoms with van der Waals surface area (Å²) in [6.45, 7) is 11.7. The Kier molecular flexibility index (Phi) is 9.78. The maximum Gasteiger partial charge on any atom is 0.282 e. The number of nitrogens with one attached hydrogen (secondary N) is 1. The van der Waals surface area contributed by atoms with Gasteiger partial charge in [-0.1, -0.05) is 6.92 Å². The zero-order valence-electron chi connectivity index (χ0n) is 17.2. The first kappa shape index (κ1) is 23.6.